The standard InChI is InChI=1S/C18H16FNO3S2/c1-10-15-13(19)6-3-7-14(15)25-16(10)18(22)23-11(2)17(21)20-9-12-5-4-8-24-12/h3-8,11H,9H2,1-2H3,(H,20,21)/t11-/m0/s1. The van der Waals surface area contributed by atoms with Gasteiger partial charge < -0.3 is 10.1 Å². The number of ether oxygens (including phenoxy) is 1. The summed E-state index contributed by atoms with van der Waals surface area (Å²) in [4.78, 5) is 25.8. The molecule has 2 aromatic heterocycles. The molecule has 0 unspecified atom stereocenters. The topological polar surface area (TPSA) is 55.4 Å². The molecule has 0 aliphatic carbocycles. The SMILES string of the molecule is Cc1c(C(=O)O[C@@H](C)C(=O)NCc2cccs2)sc2cccc(F)c12. The van der Waals surface area contributed by atoms with E-state index in [0.29, 0.717) is 27.1 Å². The summed E-state index contributed by atoms with van der Waals surface area (Å²) in [6, 6.07) is 8.53. The van der Waals surface area contributed by atoms with Crippen LogP contribution in [0.25, 0.3) is 10.1 Å². The Balaban J connectivity index is 1.68. The smallest absolute Gasteiger partial charge is 0.349 e. The fourth-order valence-corrected chi connectivity index (χ4v) is 4.20. The van der Waals surface area contributed by atoms with Crippen LogP contribution >= 0.6 is 22.7 Å². The molecule has 0 bridgehead atoms. The highest BCUT2D eigenvalue weighted by molar-refractivity contribution is 7.21. The van der Waals surface area contributed by atoms with Crippen LogP contribution in [-0.2, 0) is 16.1 Å². The van der Waals surface area contributed by atoms with E-state index in [1.165, 1.54) is 35.7 Å². The molecular formula is C18H16FNO3S2. The molecule has 1 atom stereocenters. The number of amides is 1. The Labute approximate surface area is 152 Å². The van der Waals surface area contributed by atoms with Crippen LogP contribution in [0, 0.1) is 12.7 Å². The van der Waals surface area contributed by atoms with Crippen LogP contribution in [0.15, 0.2) is 35.7 Å². The average Bonchev–Trinajstić information content (AvgIpc) is 3.21. The summed E-state index contributed by atoms with van der Waals surface area (Å²) in [6.07, 6.45) is -0.929. The number of aryl methyl sites for hydroxylation is 1. The Bertz CT molecular complexity index is 918. The normalized spacial score (nSPS) is 12.1. The number of esters is 1. The van der Waals surface area contributed by atoms with Gasteiger partial charge in [-0.15, -0.1) is 22.7 Å². The lowest BCUT2D eigenvalue weighted by atomic mass is 10.1. The lowest BCUT2D eigenvalue weighted by Crippen LogP contribution is -2.35. The molecule has 7 heteroatoms. The maximum absolute atomic E-state index is 13.9. The van der Waals surface area contributed by atoms with Gasteiger partial charge in [-0.1, -0.05) is 12.1 Å². The van der Waals surface area contributed by atoms with E-state index in [1.807, 2.05) is 17.5 Å². The Morgan fingerprint density at radius 1 is 1.28 bits per heavy atom. The van der Waals surface area contributed by atoms with Crippen molar-refractivity contribution in [2.24, 2.45) is 0 Å². The number of hydrogen-bond donors (Lipinski definition) is 1. The predicted octanol–water partition coefficient (Wildman–Crippen LogP) is 4.27. The molecule has 130 valence electrons. The van der Waals surface area contributed by atoms with Crippen molar-refractivity contribution in [2.45, 2.75) is 26.5 Å². The van der Waals surface area contributed by atoms with Gasteiger partial charge >= 0.3 is 5.97 Å². The Hall–Kier alpha value is -2.25. The van der Waals surface area contributed by atoms with Gasteiger partial charge in [0.1, 0.15) is 10.7 Å². The molecule has 0 radical (unpaired) electrons. The lowest BCUT2D eigenvalue weighted by molar-refractivity contribution is -0.129. The fraction of sp³-hybridized carbons (Fsp3) is 0.222. The minimum Gasteiger partial charge on any atom is -0.448 e. The minimum atomic E-state index is -0.929. The second kappa shape index (κ2) is 7.33. The van der Waals surface area contributed by atoms with Crippen LogP contribution in [0.3, 0.4) is 0 Å². The number of hydrogen-bond acceptors (Lipinski definition) is 5. The van der Waals surface area contributed by atoms with Crippen LogP contribution in [0.5, 0.6) is 0 Å². The predicted molar refractivity (Wildman–Crippen MR) is 97.6 cm³/mol. The Kier molecular flexibility index (Phi) is 5.15. The molecule has 1 amide bonds. The highest BCUT2D eigenvalue weighted by atomic mass is 32.1. The second-order valence-corrected chi connectivity index (χ2v) is 7.60. The largest absolute Gasteiger partial charge is 0.448 e. The van der Waals surface area contributed by atoms with E-state index in [9.17, 15) is 14.0 Å². The van der Waals surface area contributed by atoms with E-state index in [2.05, 4.69) is 5.32 Å². The molecule has 0 fully saturated rings. The lowest BCUT2D eigenvalue weighted by Gasteiger charge is -2.12. The van der Waals surface area contributed by atoms with Crippen LogP contribution in [-0.4, -0.2) is 18.0 Å². The van der Waals surface area contributed by atoms with Crippen LogP contribution < -0.4 is 5.32 Å². The summed E-state index contributed by atoms with van der Waals surface area (Å²) < 4.78 is 19.9. The van der Waals surface area contributed by atoms with Gasteiger partial charge in [0.25, 0.3) is 5.91 Å². The molecule has 4 nitrogen and oxygen atoms in total. The molecule has 1 N–H and O–H groups in total. The summed E-state index contributed by atoms with van der Waals surface area (Å²) in [7, 11) is 0. The zero-order valence-corrected chi connectivity index (χ0v) is 15.3. The number of carbonyl (C=O) groups excluding carboxylic acids is 2. The molecule has 0 spiro atoms. The van der Waals surface area contributed by atoms with E-state index in [-0.39, 0.29) is 11.7 Å². The van der Waals surface area contributed by atoms with Gasteiger partial charge in [-0.3, -0.25) is 4.79 Å². The summed E-state index contributed by atoms with van der Waals surface area (Å²) in [5.41, 5.74) is 0.536. The first-order valence-corrected chi connectivity index (χ1v) is 9.35. The van der Waals surface area contributed by atoms with Gasteiger partial charge in [-0.25, -0.2) is 9.18 Å². The van der Waals surface area contributed by atoms with Crippen molar-refractivity contribution in [2.75, 3.05) is 0 Å². The van der Waals surface area contributed by atoms with Crippen molar-refractivity contribution in [1.29, 1.82) is 0 Å². The van der Waals surface area contributed by atoms with Crippen LogP contribution in [0.4, 0.5) is 4.39 Å². The van der Waals surface area contributed by atoms with E-state index in [4.69, 9.17) is 4.74 Å². The first kappa shape index (κ1) is 17.6. The number of benzene rings is 1. The fourth-order valence-electron chi connectivity index (χ4n) is 2.45. The van der Waals surface area contributed by atoms with E-state index >= 15 is 0 Å². The first-order chi connectivity index (χ1) is 12.0. The third-order valence-corrected chi connectivity index (χ3v) is 5.87. The molecule has 3 rings (SSSR count). The summed E-state index contributed by atoms with van der Waals surface area (Å²) in [5.74, 6) is -1.35. The van der Waals surface area contributed by atoms with Crippen molar-refractivity contribution >= 4 is 44.6 Å². The number of fused-ring (bicyclic) bond motifs is 1. The number of rotatable bonds is 5. The van der Waals surface area contributed by atoms with Crippen LogP contribution in [0.1, 0.15) is 27.0 Å². The summed E-state index contributed by atoms with van der Waals surface area (Å²) >= 11 is 2.70. The van der Waals surface area contributed by atoms with E-state index in [1.54, 1.807) is 19.1 Å². The highest BCUT2D eigenvalue weighted by Gasteiger charge is 2.23. The van der Waals surface area contributed by atoms with Crippen molar-refractivity contribution in [3.63, 3.8) is 0 Å². The number of halogens is 1. The monoisotopic (exact) mass is 377 g/mol. The summed E-state index contributed by atoms with van der Waals surface area (Å²) in [5, 5.41) is 5.08. The second-order valence-electron chi connectivity index (χ2n) is 5.51. The van der Waals surface area contributed by atoms with E-state index < -0.39 is 12.1 Å². The number of carbonyl (C=O) groups is 2. The van der Waals surface area contributed by atoms with Gasteiger partial charge in [0.2, 0.25) is 0 Å². The minimum absolute atomic E-state index is 0.318. The maximum atomic E-state index is 13.9. The quantitative estimate of drug-likeness (QED) is 0.676. The Morgan fingerprint density at radius 2 is 2.08 bits per heavy atom. The molecular weight excluding hydrogens is 361 g/mol. The molecule has 0 saturated carbocycles. The van der Waals surface area contributed by atoms with Crippen molar-refractivity contribution in [3.8, 4) is 0 Å². The molecule has 25 heavy (non-hydrogen) atoms. The van der Waals surface area contributed by atoms with Gasteiger partial charge in [0.05, 0.1) is 6.54 Å². The highest BCUT2D eigenvalue weighted by Crippen LogP contribution is 2.33. The van der Waals surface area contributed by atoms with E-state index in [0.717, 1.165) is 4.88 Å². The Morgan fingerprint density at radius 3 is 2.76 bits per heavy atom. The zero-order valence-electron chi connectivity index (χ0n) is 13.7. The number of nitrogens with one attached hydrogen (secondary N) is 1. The average molecular weight is 377 g/mol. The third kappa shape index (κ3) is 3.72. The van der Waals surface area contributed by atoms with Crippen LogP contribution in [0.2, 0.25) is 0 Å². The molecule has 0 aliphatic rings. The van der Waals surface area contributed by atoms with Crippen molar-refractivity contribution < 1.29 is 18.7 Å². The van der Waals surface area contributed by atoms with Gasteiger partial charge in [-0.05, 0) is 43.0 Å². The van der Waals surface area contributed by atoms with Gasteiger partial charge in [0.15, 0.2) is 6.10 Å². The third-order valence-electron chi connectivity index (χ3n) is 3.76. The van der Waals surface area contributed by atoms with Crippen molar-refractivity contribution in [3.05, 3.63) is 56.8 Å². The van der Waals surface area contributed by atoms with Gasteiger partial charge in [-0.2, -0.15) is 0 Å². The zero-order chi connectivity index (χ0) is 18.0. The molecule has 3 aromatic rings. The molecule has 2 heterocycles. The molecule has 1 aromatic carbocycles. The van der Waals surface area contributed by atoms with Gasteiger partial charge in [0, 0.05) is 15.0 Å². The molecule has 0 saturated heterocycles. The summed E-state index contributed by atoms with van der Waals surface area (Å²) in [6.45, 7) is 3.59. The first-order valence-electron chi connectivity index (χ1n) is 7.66. The maximum Gasteiger partial charge on any atom is 0.349 e. The molecule has 0 aliphatic heterocycles. The van der Waals surface area contributed by atoms with Crippen molar-refractivity contribution in [1.82, 2.24) is 5.32 Å². The number of thiophene rings is 2.